The van der Waals surface area contributed by atoms with Gasteiger partial charge in [0.2, 0.25) is 0 Å². The van der Waals surface area contributed by atoms with Crippen molar-refractivity contribution in [3.8, 4) is 0 Å². The fourth-order valence-corrected chi connectivity index (χ4v) is 9.27. The van der Waals surface area contributed by atoms with Gasteiger partial charge in [-0.3, -0.25) is 14.4 Å². The second-order valence-electron chi connectivity index (χ2n) is 19.9. The van der Waals surface area contributed by atoms with Crippen molar-refractivity contribution >= 4 is 17.9 Å². The fraction of sp³-hybridized carbons (Fsp3) is 0.938. The molecular formula is C48H82O20. The van der Waals surface area contributed by atoms with E-state index in [0.717, 1.165) is 70.6 Å². The molecule has 0 aliphatic carbocycles. The van der Waals surface area contributed by atoms with Gasteiger partial charge in [-0.05, 0) is 47.0 Å². The van der Waals surface area contributed by atoms with Gasteiger partial charge in [-0.15, -0.1) is 0 Å². The van der Waals surface area contributed by atoms with Crippen LogP contribution < -0.4 is 0 Å². The highest BCUT2D eigenvalue weighted by atomic mass is 16.8. The molecule has 20 heteroatoms. The van der Waals surface area contributed by atoms with E-state index in [-0.39, 0.29) is 12.5 Å². The number of unbranched alkanes of at least 4 members (excludes halogenated alkanes) is 2. The molecule has 21 atom stereocenters. The van der Waals surface area contributed by atoms with Crippen LogP contribution in [0.1, 0.15) is 146 Å². The monoisotopic (exact) mass is 979 g/mol. The van der Waals surface area contributed by atoms with Crippen LogP contribution in [-0.2, 0) is 66.5 Å². The van der Waals surface area contributed by atoms with Crippen LogP contribution in [0.2, 0.25) is 0 Å². The minimum Gasteiger partial charge on any atom is -0.457 e. The van der Waals surface area contributed by atoms with E-state index in [4.69, 9.17) is 52.1 Å². The maximum Gasteiger partial charge on any atom is 0.308 e. The molecule has 0 spiro atoms. The number of esters is 3. The summed E-state index contributed by atoms with van der Waals surface area (Å²) in [6.45, 7) is 14.8. The molecule has 394 valence electrons. The Morgan fingerprint density at radius 3 is 1.71 bits per heavy atom. The van der Waals surface area contributed by atoms with E-state index in [1.807, 2.05) is 0 Å². The summed E-state index contributed by atoms with van der Waals surface area (Å²) in [7, 11) is 0. The van der Waals surface area contributed by atoms with Crippen molar-refractivity contribution in [2.24, 2.45) is 11.8 Å². The number of fused-ring (bicyclic) bond motifs is 14. The Morgan fingerprint density at radius 2 is 1.07 bits per heavy atom. The van der Waals surface area contributed by atoms with E-state index in [9.17, 15) is 45.0 Å². The summed E-state index contributed by atoms with van der Waals surface area (Å²) in [6.07, 6.45) is -17.5. The Morgan fingerprint density at radius 1 is 0.544 bits per heavy atom. The molecule has 20 nitrogen and oxygen atoms in total. The molecule has 0 saturated carbocycles. The molecule has 0 radical (unpaired) electrons. The second kappa shape index (κ2) is 26.5. The van der Waals surface area contributed by atoms with Crippen LogP contribution in [-0.4, -0.2) is 177 Å². The van der Waals surface area contributed by atoms with Gasteiger partial charge in [-0.2, -0.15) is 0 Å². The van der Waals surface area contributed by atoms with Gasteiger partial charge in [-0.25, -0.2) is 0 Å². The second-order valence-corrected chi connectivity index (χ2v) is 19.9. The van der Waals surface area contributed by atoms with E-state index in [2.05, 4.69) is 6.92 Å². The van der Waals surface area contributed by atoms with Crippen molar-refractivity contribution in [2.75, 3.05) is 0 Å². The molecule has 6 N–H and O–H groups in total. The lowest BCUT2D eigenvalue weighted by Crippen LogP contribution is -2.67. The summed E-state index contributed by atoms with van der Waals surface area (Å²) in [5, 5.41) is 68.9. The van der Waals surface area contributed by atoms with Gasteiger partial charge in [0.15, 0.2) is 43.5 Å². The van der Waals surface area contributed by atoms with Gasteiger partial charge in [0.1, 0.15) is 54.9 Å². The van der Waals surface area contributed by atoms with Crippen LogP contribution in [0.5, 0.6) is 0 Å². The zero-order chi connectivity index (χ0) is 50.0. The maximum absolute atomic E-state index is 13.5. The van der Waals surface area contributed by atoms with Crippen molar-refractivity contribution in [3.63, 3.8) is 0 Å². The molecule has 0 aromatic carbocycles. The number of aliphatic hydroxyl groups is 6. The van der Waals surface area contributed by atoms with Crippen LogP contribution in [0.4, 0.5) is 0 Å². The Bertz CT molecular complexity index is 1550. The molecule has 0 aromatic heterocycles. The lowest BCUT2D eigenvalue weighted by molar-refractivity contribution is -0.383. The molecule has 6 saturated heterocycles. The molecular weight excluding hydrogens is 897 g/mol. The summed E-state index contributed by atoms with van der Waals surface area (Å²) < 4.78 is 66.6. The van der Waals surface area contributed by atoms with Gasteiger partial charge in [0, 0.05) is 6.42 Å². The van der Waals surface area contributed by atoms with Crippen LogP contribution in [0.25, 0.3) is 0 Å². The third-order valence-electron chi connectivity index (χ3n) is 13.5. The van der Waals surface area contributed by atoms with Gasteiger partial charge >= 0.3 is 17.9 Å². The SMILES string of the molecule is CCCCCC1CCCCCCCCCC(=O)OC2C(O)C(OC(C)C2OC2OC(C)C(OC3OC(C)C(OC(=O)C(C)C)C(O)C3O)C(OC(=O)C(C)C)C2O)OC2C(C)OC(O1)C(O)C2O. The normalized spacial score (nSPS) is 42.8. The molecule has 68 heavy (non-hydrogen) atoms. The zero-order valence-electron chi connectivity index (χ0n) is 41.4. The van der Waals surface area contributed by atoms with Gasteiger partial charge in [0.05, 0.1) is 42.4 Å². The maximum atomic E-state index is 13.5. The van der Waals surface area contributed by atoms with E-state index in [1.54, 1.807) is 41.5 Å². The average molecular weight is 979 g/mol. The number of aliphatic hydroxyl groups excluding tert-OH is 6. The highest BCUT2D eigenvalue weighted by molar-refractivity contribution is 5.72. The first-order valence-corrected chi connectivity index (χ1v) is 25.2. The molecule has 0 amide bonds. The first-order chi connectivity index (χ1) is 32.2. The third kappa shape index (κ3) is 14.7. The minimum absolute atomic E-state index is 0.0302. The van der Waals surface area contributed by atoms with E-state index in [1.165, 1.54) is 13.8 Å². The van der Waals surface area contributed by atoms with Crippen molar-refractivity contribution in [1.29, 1.82) is 0 Å². The lowest BCUT2D eigenvalue weighted by Gasteiger charge is -2.49. The Hall–Kier alpha value is -2.15. The summed E-state index contributed by atoms with van der Waals surface area (Å²) in [5.74, 6) is -3.16. The number of carbonyl (C=O) groups excluding carboxylic acids is 3. The van der Waals surface area contributed by atoms with Gasteiger partial charge < -0.3 is 82.7 Å². The fourth-order valence-electron chi connectivity index (χ4n) is 9.27. The molecule has 4 bridgehead atoms. The molecule has 21 unspecified atom stereocenters. The summed E-state index contributed by atoms with van der Waals surface area (Å²) >= 11 is 0. The summed E-state index contributed by atoms with van der Waals surface area (Å²) in [4.78, 5) is 39.1. The summed E-state index contributed by atoms with van der Waals surface area (Å²) in [5.41, 5.74) is 0. The molecule has 6 heterocycles. The Kier molecular flexibility index (Phi) is 22.1. The van der Waals surface area contributed by atoms with Crippen molar-refractivity contribution in [2.45, 2.75) is 275 Å². The van der Waals surface area contributed by atoms with E-state index < -0.39 is 153 Å². The number of ether oxygens (including phenoxy) is 11. The minimum atomic E-state index is -1.81. The van der Waals surface area contributed by atoms with Crippen molar-refractivity contribution in [3.05, 3.63) is 0 Å². The van der Waals surface area contributed by atoms with Crippen LogP contribution in [0, 0.1) is 11.8 Å². The molecule has 0 aromatic rings. The lowest BCUT2D eigenvalue weighted by atomic mass is 9.95. The standard InChI is InChI=1S/C48H82O20/c1-10-11-17-20-29-21-18-15-13-12-14-16-19-22-30(49)63-41-35(54)47(66-38-26(7)58-45(62-29)33(52)32(38)51)60-27(8)39(41)68-48-36(55)42(65-44(57)24(4)5)40(28(9)61-48)67-46-34(53)31(50)37(25(6)59-46)64-43(56)23(2)3/h23-29,31-42,45-48,50-55H,10-22H2,1-9H3. The smallest absolute Gasteiger partial charge is 0.308 e. The van der Waals surface area contributed by atoms with Gasteiger partial charge in [-0.1, -0.05) is 92.4 Å². The van der Waals surface area contributed by atoms with Gasteiger partial charge in [0.25, 0.3) is 0 Å². The highest BCUT2D eigenvalue weighted by Crippen LogP contribution is 2.37. The Labute approximate surface area is 400 Å². The number of hydrogen-bond donors (Lipinski definition) is 6. The molecule has 6 aliphatic rings. The van der Waals surface area contributed by atoms with Crippen LogP contribution in [0.15, 0.2) is 0 Å². The molecule has 6 aliphatic heterocycles. The predicted octanol–water partition coefficient (Wildman–Crippen LogP) is 2.82. The highest BCUT2D eigenvalue weighted by Gasteiger charge is 2.56. The third-order valence-corrected chi connectivity index (χ3v) is 13.5. The average Bonchev–Trinajstić information content (AvgIpc) is 3.28. The van der Waals surface area contributed by atoms with Crippen molar-refractivity contribution in [1.82, 2.24) is 0 Å². The Balaban J connectivity index is 1.36. The number of rotatable bonds is 12. The van der Waals surface area contributed by atoms with E-state index >= 15 is 0 Å². The van der Waals surface area contributed by atoms with E-state index in [0.29, 0.717) is 6.42 Å². The molecule has 6 rings (SSSR count). The first kappa shape index (κ1) is 56.8. The molecule has 6 fully saturated rings. The zero-order valence-corrected chi connectivity index (χ0v) is 41.4. The summed E-state index contributed by atoms with van der Waals surface area (Å²) in [6, 6.07) is 0. The van der Waals surface area contributed by atoms with Crippen LogP contribution in [0.3, 0.4) is 0 Å². The number of hydrogen-bond acceptors (Lipinski definition) is 20. The predicted molar refractivity (Wildman–Crippen MR) is 238 cm³/mol. The largest absolute Gasteiger partial charge is 0.457 e. The first-order valence-electron chi connectivity index (χ1n) is 25.2. The number of carbonyl (C=O) groups is 3. The van der Waals surface area contributed by atoms with Crippen LogP contribution >= 0.6 is 0 Å². The topological polar surface area (TPSA) is 274 Å². The van der Waals surface area contributed by atoms with Crippen molar-refractivity contribution < 1.29 is 97.1 Å². The quantitative estimate of drug-likeness (QED) is 0.0932.